The normalized spacial score (nSPS) is 28.5. The number of rotatable bonds is 4. The molecule has 2 fully saturated rings. The van der Waals surface area contributed by atoms with Gasteiger partial charge in [0.05, 0.1) is 11.9 Å². The van der Waals surface area contributed by atoms with Gasteiger partial charge in [0.15, 0.2) is 5.16 Å². The van der Waals surface area contributed by atoms with Gasteiger partial charge in [-0.25, -0.2) is 9.89 Å². The highest BCUT2D eigenvalue weighted by molar-refractivity contribution is 7.99. The summed E-state index contributed by atoms with van der Waals surface area (Å²) >= 11 is 1.65. The van der Waals surface area contributed by atoms with Gasteiger partial charge in [-0.2, -0.15) is 0 Å². The molecule has 2 aliphatic rings. The Hall–Kier alpha value is -0.790. The van der Waals surface area contributed by atoms with Crippen molar-refractivity contribution < 1.29 is 4.74 Å². The maximum Gasteiger partial charge on any atom is 0.344 e. The minimum Gasteiger partial charge on any atom is -0.380 e. The SMILES string of the molecule is CNC1CCOCC1Sc1n[nH]c(=O)n1C1CC1. The highest BCUT2D eigenvalue weighted by Gasteiger charge is 2.32. The van der Waals surface area contributed by atoms with Gasteiger partial charge in [-0.1, -0.05) is 11.8 Å². The number of aromatic amines is 1. The van der Waals surface area contributed by atoms with Crippen molar-refractivity contribution in [2.75, 3.05) is 20.3 Å². The van der Waals surface area contributed by atoms with Crippen LogP contribution in [0.5, 0.6) is 0 Å². The number of nitrogens with one attached hydrogen (secondary N) is 2. The van der Waals surface area contributed by atoms with Crippen LogP contribution < -0.4 is 11.0 Å². The summed E-state index contributed by atoms with van der Waals surface area (Å²) in [6, 6.07) is 0.777. The van der Waals surface area contributed by atoms with Crippen LogP contribution in [0.25, 0.3) is 0 Å². The van der Waals surface area contributed by atoms with E-state index in [0.717, 1.165) is 31.0 Å². The van der Waals surface area contributed by atoms with Gasteiger partial charge in [-0.3, -0.25) is 4.57 Å². The summed E-state index contributed by atoms with van der Waals surface area (Å²) in [5.74, 6) is 0. The Bertz CT molecular complexity index is 468. The van der Waals surface area contributed by atoms with Crippen LogP contribution in [-0.2, 0) is 4.74 Å². The molecule has 1 aliphatic heterocycles. The van der Waals surface area contributed by atoms with Gasteiger partial charge in [-0.15, -0.1) is 5.10 Å². The van der Waals surface area contributed by atoms with Crippen molar-refractivity contribution in [3.05, 3.63) is 10.5 Å². The van der Waals surface area contributed by atoms with Gasteiger partial charge in [0, 0.05) is 18.7 Å². The van der Waals surface area contributed by atoms with Gasteiger partial charge in [0.2, 0.25) is 0 Å². The molecular formula is C11H18N4O2S. The molecule has 1 aromatic heterocycles. The third kappa shape index (κ3) is 2.34. The van der Waals surface area contributed by atoms with E-state index in [9.17, 15) is 4.79 Å². The molecule has 0 aromatic carbocycles. The zero-order valence-corrected chi connectivity index (χ0v) is 11.2. The average molecular weight is 270 g/mol. The molecule has 1 aromatic rings. The van der Waals surface area contributed by atoms with Gasteiger partial charge in [0.25, 0.3) is 0 Å². The molecule has 6 nitrogen and oxygen atoms in total. The average Bonchev–Trinajstić information content (AvgIpc) is 3.16. The van der Waals surface area contributed by atoms with Crippen molar-refractivity contribution in [3.8, 4) is 0 Å². The third-order valence-electron chi connectivity index (χ3n) is 3.52. The Morgan fingerprint density at radius 1 is 1.50 bits per heavy atom. The molecule has 100 valence electrons. The van der Waals surface area contributed by atoms with E-state index in [1.54, 1.807) is 16.3 Å². The number of hydrogen-bond donors (Lipinski definition) is 2. The first-order valence-electron chi connectivity index (χ1n) is 6.38. The highest BCUT2D eigenvalue weighted by Crippen LogP contribution is 2.37. The topological polar surface area (TPSA) is 71.9 Å². The number of aromatic nitrogens is 3. The Balaban J connectivity index is 1.77. The van der Waals surface area contributed by atoms with Gasteiger partial charge < -0.3 is 10.1 Å². The largest absolute Gasteiger partial charge is 0.380 e. The first-order valence-corrected chi connectivity index (χ1v) is 7.26. The Morgan fingerprint density at radius 2 is 2.33 bits per heavy atom. The summed E-state index contributed by atoms with van der Waals surface area (Å²) in [6.45, 7) is 1.51. The fraction of sp³-hybridized carbons (Fsp3) is 0.818. The smallest absolute Gasteiger partial charge is 0.344 e. The van der Waals surface area contributed by atoms with E-state index in [2.05, 4.69) is 15.5 Å². The quantitative estimate of drug-likeness (QED) is 0.827. The van der Waals surface area contributed by atoms with E-state index in [1.807, 2.05) is 7.05 Å². The van der Waals surface area contributed by atoms with Crippen molar-refractivity contribution in [1.82, 2.24) is 20.1 Å². The maximum absolute atomic E-state index is 11.7. The van der Waals surface area contributed by atoms with Crippen molar-refractivity contribution in [1.29, 1.82) is 0 Å². The van der Waals surface area contributed by atoms with Crippen molar-refractivity contribution >= 4 is 11.8 Å². The fourth-order valence-electron chi connectivity index (χ4n) is 2.32. The minimum absolute atomic E-state index is 0.0854. The van der Waals surface area contributed by atoms with Crippen LogP contribution in [0.4, 0.5) is 0 Å². The summed E-state index contributed by atoms with van der Waals surface area (Å²) in [5.41, 5.74) is -0.0854. The third-order valence-corrected chi connectivity index (χ3v) is 4.78. The molecule has 18 heavy (non-hydrogen) atoms. The second-order valence-electron chi connectivity index (χ2n) is 4.83. The molecule has 1 saturated heterocycles. The lowest BCUT2D eigenvalue weighted by Gasteiger charge is -2.30. The minimum atomic E-state index is -0.0854. The van der Waals surface area contributed by atoms with Crippen LogP contribution >= 0.6 is 11.8 Å². The lowest BCUT2D eigenvalue weighted by molar-refractivity contribution is 0.0849. The number of H-pyrrole nitrogens is 1. The molecule has 3 rings (SSSR count). The van der Waals surface area contributed by atoms with Crippen LogP contribution in [0.3, 0.4) is 0 Å². The molecule has 7 heteroatoms. The molecule has 0 bridgehead atoms. The molecule has 0 amide bonds. The summed E-state index contributed by atoms with van der Waals surface area (Å²) < 4.78 is 7.32. The van der Waals surface area contributed by atoms with Gasteiger partial charge in [0.1, 0.15) is 0 Å². The molecule has 0 spiro atoms. The molecule has 1 aliphatic carbocycles. The molecule has 0 radical (unpaired) electrons. The molecule has 2 atom stereocenters. The van der Waals surface area contributed by atoms with E-state index in [0.29, 0.717) is 23.9 Å². The van der Waals surface area contributed by atoms with Gasteiger partial charge >= 0.3 is 5.69 Å². The number of ether oxygens (including phenoxy) is 1. The Morgan fingerprint density at radius 3 is 3.06 bits per heavy atom. The van der Waals surface area contributed by atoms with E-state index < -0.39 is 0 Å². The molecule has 2 N–H and O–H groups in total. The Kier molecular flexibility index (Phi) is 3.45. The lowest BCUT2D eigenvalue weighted by atomic mass is 10.1. The van der Waals surface area contributed by atoms with Crippen LogP contribution in [-0.4, -0.2) is 46.3 Å². The van der Waals surface area contributed by atoms with E-state index in [1.165, 1.54) is 0 Å². The van der Waals surface area contributed by atoms with E-state index >= 15 is 0 Å². The molecule has 2 heterocycles. The Labute approximate surface area is 109 Å². The molecule has 1 saturated carbocycles. The maximum atomic E-state index is 11.7. The predicted molar refractivity (Wildman–Crippen MR) is 69.0 cm³/mol. The second-order valence-corrected chi connectivity index (χ2v) is 6.03. The standard InChI is InChI=1S/C11H18N4O2S/c1-12-8-4-5-17-6-9(8)18-11-14-13-10(16)15(11)7-2-3-7/h7-9,12H,2-6H2,1H3,(H,13,16). The predicted octanol–water partition coefficient (Wildman–Crippen LogP) is 0.375. The van der Waals surface area contributed by atoms with Crippen LogP contribution in [0.2, 0.25) is 0 Å². The number of hydrogen-bond acceptors (Lipinski definition) is 5. The van der Waals surface area contributed by atoms with Crippen LogP contribution in [0, 0.1) is 0 Å². The summed E-state index contributed by atoms with van der Waals surface area (Å²) in [5, 5.41) is 11.1. The first kappa shape index (κ1) is 12.3. The zero-order chi connectivity index (χ0) is 12.5. The first-order chi connectivity index (χ1) is 8.79. The molecular weight excluding hydrogens is 252 g/mol. The number of thioether (sulfide) groups is 1. The summed E-state index contributed by atoms with van der Waals surface area (Å²) in [7, 11) is 1.97. The summed E-state index contributed by atoms with van der Waals surface area (Å²) in [4.78, 5) is 11.7. The van der Waals surface area contributed by atoms with Gasteiger partial charge in [-0.05, 0) is 26.3 Å². The zero-order valence-electron chi connectivity index (χ0n) is 10.4. The second kappa shape index (κ2) is 5.07. The van der Waals surface area contributed by atoms with Crippen LogP contribution in [0.15, 0.2) is 9.95 Å². The number of nitrogens with zero attached hydrogens (tertiary/aromatic N) is 2. The monoisotopic (exact) mass is 270 g/mol. The molecule has 2 unspecified atom stereocenters. The highest BCUT2D eigenvalue weighted by atomic mass is 32.2. The lowest BCUT2D eigenvalue weighted by Crippen LogP contribution is -2.43. The van der Waals surface area contributed by atoms with E-state index in [-0.39, 0.29) is 5.69 Å². The summed E-state index contributed by atoms with van der Waals surface area (Å²) in [6.07, 6.45) is 3.18. The fourth-order valence-corrected chi connectivity index (χ4v) is 3.64. The van der Waals surface area contributed by atoms with Crippen LogP contribution in [0.1, 0.15) is 25.3 Å². The van der Waals surface area contributed by atoms with Crippen molar-refractivity contribution in [2.45, 2.75) is 41.8 Å². The van der Waals surface area contributed by atoms with Crippen molar-refractivity contribution in [3.63, 3.8) is 0 Å². The van der Waals surface area contributed by atoms with E-state index in [4.69, 9.17) is 4.74 Å². The van der Waals surface area contributed by atoms with Crippen molar-refractivity contribution in [2.24, 2.45) is 0 Å².